The summed E-state index contributed by atoms with van der Waals surface area (Å²) >= 11 is 12.2. The summed E-state index contributed by atoms with van der Waals surface area (Å²) in [5.74, 6) is -0.116. The minimum atomic E-state index is -0.116. The molecule has 0 aliphatic rings. The van der Waals surface area contributed by atoms with Gasteiger partial charge >= 0.3 is 0 Å². The largest absolute Gasteiger partial charge is 0.337 e. The molecule has 3 rings (SSSR count). The summed E-state index contributed by atoms with van der Waals surface area (Å²) in [6, 6.07) is 12.4. The summed E-state index contributed by atoms with van der Waals surface area (Å²) in [5, 5.41) is 11.9. The molecule has 8 heteroatoms. The Morgan fingerprint density at radius 2 is 1.92 bits per heavy atom. The van der Waals surface area contributed by atoms with Crippen molar-refractivity contribution in [3.05, 3.63) is 70.0 Å². The fourth-order valence-corrected chi connectivity index (χ4v) is 2.63. The molecule has 6 nitrogen and oxygen atoms in total. The van der Waals surface area contributed by atoms with Crippen molar-refractivity contribution in [1.82, 2.24) is 25.1 Å². The van der Waals surface area contributed by atoms with Crippen molar-refractivity contribution >= 4 is 29.1 Å². The maximum atomic E-state index is 12.5. The van der Waals surface area contributed by atoms with Gasteiger partial charge < -0.3 is 4.90 Å². The minimum absolute atomic E-state index is 0.116. The van der Waals surface area contributed by atoms with Crippen LogP contribution >= 0.6 is 23.2 Å². The van der Waals surface area contributed by atoms with Crippen LogP contribution in [-0.2, 0) is 6.54 Å². The summed E-state index contributed by atoms with van der Waals surface area (Å²) < 4.78 is 1.52. The molecule has 0 saturated heterocycles. The predicted octanol–water partition coefficient (Wildman–Crippen LogP) is 3.24. The van der Waals surface area contributed by atoms with Gasteiger partial charge in [-0.25, -0.2) is 4.68 Å². The van der Waals surface area contributed by atoms with Gasteiger partial charge in [-0.1, -0.05) is 35.3 Å². The Kier molecular flexibility index (Phi) is 4.78. The molecule has 0 bridgehead atoms. The maximum absolute atomic E-state index is 12.5. The number of aromatic nitrogens is 4. The third-order valence-electron chi connectivity index (χ3n) is 3.51. The average molecular weight is 362 g/mol. The van der Waals surface area contributed by atoms with Gasteiger partial charge in [0.15, 0.2) is 0 Å². The summed E-state index contributed by atoms with van der Waals surface area (Å²) in [4.78, 5) is 14.1. The number of hydrogen-bond acceptors (Lipinski definition) is 4. The van der Waals surface area contributed by atoms with E-state index in [0.29, 0.717) is 22.2 Å². The third kappa shape index (κ3) is 3.39. The van der Waals surface area contributed by atoms with Crippen molar-refractivity contribution in [3.8, 4) is 5.69 Å². The van der Waals surface area contributed by atoms with Crippen LogP contribution in [0.2, 0.25) is 10.0 Å². The topological polar surface area (TPSA) is 63.9 Å². The Morgan fingerprint density at radius 1 is 1.17 bits per heavy atom. The smallest absolute Gasteiger partial charge is 0.253 e. The number of halogens is 2. The minimum Gasteiger partial charge on any atom is -0.337 e. The zero-order chi connectivity index (χ0) is 17.1. The molecule has 24 heavy (non-hydrogen) atoms. The maximum Gasteiger partial charge on any atom is 0.253 e. The molecule has 1 amide bonds. The Hall–Kier alpha value is -2.44. The van der Waals surface area contributed by atoms with Crippen LogP contribution in [0.5, 0.6) is 0 Å². The molecule has 0 aliphatic heterocycles. The molecule has 0 aliphatic carbocycles. The first-order chi connectivity index (χ1) is 11.6. The Labute approximate surface area is 148 Å². The molecule has 0 fully saturated rings. The number of carbonyl (C=O) groups excluding carboxylic acids is 1. The van der Waals surface area contributed by atoms with E-state index in [2.05, 4.69) is 15.5 Å². The van der Waals surface area contributed by atoms with E-state index in [-0.39, 0.29) is 5.91 Å². The molecule has 122 valence electrons. The predicted molar refractivity (Wildman–Crippen MR) is 91.4 cm³/mol. The number of nitrogens with zero attached hydrogens (tertiary/aromatic N) is 5. The standard InChI is InChI=1S/C16H13Cl2N5O/c1-22(9-12-3-2-4-14(17)15(12)18)16(24)11-5-7-13(8-6-11)23-10-19-20-21-23/h2-8,10H,9H2,1H3. The van der Waals surface area contributed by atoms with Crippen LogP contribution in [-0.4, -0.2) is 38.1 Å². The van der Waals surface area contributed by atoms with Gasteiger partial charge in [-0.15, -0.1) is 5.10 Å². The molecule has 0 unspecified atom stereocenters. The van der Waals surface area contributed by atoms with Gasteiger partial charge in [0.1, 0.15) is 6.33 Å². The van der Waals surface area contributed by atoms with Crippen LogP contribution in [0.25, 0.3) is 5.69 Å². The molecule has 3 aromatic rings. The molecule has 0 saturated carbocycles. The first-order valence-corrected chi connectivity index (χ1v) is 7.83. The molecule has 0 N–H and O–H groups in total. The van der Waals surface area contributed by atoms with Gasteiger partial charge in [-0.3, -0.25) is 4.79 Å². The second kappa shape index (κ2) is 6.98. The van der Waals surface area contributed by atoms with Gasteiger partial charge in [-0.05, 0) is 46.3 Å². The van der Waals surface area contributed by atoms with Gasteiger partial charge in [0.2, 0.25) is 0 Å². The van der Waals surface area contributed by atoms with E-state index in [1.165, 1.54) is 11.0 Å². The van der Waals surface area contributed by atoms with E-state index in [4.69, 9.17) is 23.2 Å². The second-order valence-corrected chi connectivity index (χ2v) is 5.96. The van der Waals surface area contributed by atoms with Crippen molar-refractivity contribution in [1.29, 1.82) is 0 Å². The van der Waals surface area contributed by atoms with E-state index in [9.17, 15) is 4.79 Å². The van der Waals surface area contributed by atoms with Crippen LogP contribution in [0.3, 0.4) is 0 Å². The van der Waals surface area contributed by atoms with Crippen molar-refractivity contribution < 1.29 is 4.79 Å². The summed E-state index contributed by atoms with van der Waals surface area (Å²) in [6.07, 6.45) is 1.49. The molecular weight excluding hydrogens is 349 g/mol. The molecule has 2 aromatic carbocycles. The Morgan fingerprint density at radius 3 is 2.58 bits per heavy atom. The van der Waals surface area contributed by atoms with Crippen LogP contribution in [0.15, 0.2) is 48.8 Å². The van der Waals surface area contributed by atoms with E-state index in [1.54, 1.807) is 42.3 Å². The lowest BCUT2D eigenvalue weighted by Gasteiger charge is -2.18. The fraction of sp³-hybridized carbons (Fsp3) is 0.125. The Balaban J connectivity index is 1.75. The van der Waals surface area contributed by atoms with Crippen LogP contribution in [0.4, 0.5) is 0 Å². The van der Waals surface area contributed by atoms with Crippen molar-refractivity contribution in [2.75, 3.05) is 7.05 Å². The lowest BCUT2D eigenvalue weighted by molar-refractivity contribution is 0.0785. The molecule has 0 atom stereocenters. The lowest BCUT2D eigenvalue weighted by atomic mass is 10.1. The van der Waals surface area contributed by atoms with E-state index >= 15 is 0 Å². The molecule has 0 spiro atoms. The first-order valence-electron chi connectivity index (χ1n) is 7.08. The molecule has 0 radical (unpaired) electrons. The van der Waals surface area contributed by atoms with E-state index in [1.807, 2.05) is 12.1 Å². The van der Waals surface area contributed by atoms with Crippen LogP contribution in [0, 0.1) is 0 Å². The normalized spacial score (nSPS) is 10.6. The van der Waals surface area contributed by atoms with Gasteiger partial charge in [0, 0.05) is 19.2 Å². The van der Waals surface area contributed by atoms with Crippen molar-refractivity contribution in [3.63, 3.8) is 0 Å². The van der Waals surface area contributed by atoms with Crippen LogP contribution in [0.1, 0.15) is 15.9 Å². The molecular formula is C16H13Cl2N5O. The highest BCUT2D eigenvalue weighted by molar-refractivity contribution is 6.42. The van der Waals surface area contributed by atoms with E-state index in [0.717, 1.165) is 11.3 Å². The number of rotatable bonds is 4. The Bertz CT molecular complexity index is 849. The van der Waals surface area contributed by atoms with Gasteiger partial charge in [0.05, 0.1) is 15.7 Å². The number of amides is 1. The number of benzene rings is 2. The molecule has 1 heterocycles. The summed E-state index contributed by atoms with van der Waals surface area (Å²) in [5.41, 5.74) is 2.13. The number of carbonyl (C=O) groups is 1. The van der Waals surface area contributed by atoms with Gasteiger partial charge in [0.25, 0.3) is 5.91 Å². The lowest BCUT2D eigenvalue weighted by Crippen LogP contribution is -2.26. The first kappa shape index (κ1) is 16.4. The number of tetrazole rings is 1. The highest BCUT2D eigenvalue weighted by atomic mass is 35.5. The highest BCUT2D eigenvalue weighted by Gasteiger charge is 2.14. The fourth-order valence-electron chi connectivity index (χ4n) is 2.25. The van der Waals surface area contributed by atoms with Crippen LogP contribution < -0.4 is 0 Å². The average Bonchev–Trinajstić information content (AvgIpc) is 3.13. The van der Waals surface area contributed by atoms with Gasteiger partial charge in [-0.2, -0.15) is 0 Å². The second-order valence-electron chi connectivity index (χ2n) is 5.18. The summed E-state index contributed by atoms with van der Waals surface area (Å²) in [7, 11) is 1.72. The SMILES string of the molecule is CN(Cc1cccc(Cl)c1Cl)C(=O)c1ccc(-n2cnnn2)cc1. The van der Waals surface area contributed by atoms with Crippen molar-refractivity contribution in [2.24, 2.45) is 0 Å². The quantitative estimate of drug-likeness (QED) is 0.715. The summed E-state index contributed by atoms with van der Waals surface area (Å²) in [6.45, 7) is 0.368. The molecule has 1 aromatic heterocycles. The highest BCUT2D eigenvalue weighted by Crippen LogP contribution is 2.26. The zero-order valence-corrected chi connectivity index (χ0v) is 14.2. The number of hydrogen-bond donors (Lipinski definition) is 0. The zero-order valence-electron chi connectivity index (χ0n) is 12.7. The third-order valence-corrected chi connectivity index (χ3v) is 4.37. The van der Waals surface area contributed by atoms with E-state index < -0.39 is 0 Å². The van der Waals surface area contributed by atoms with Crippen molar-refractivity contribution in [2.45, 2.75) is 6.54 Å². The monoisotopic (exact) mass is 361 g/mol.